The SMILES string of the molecule is COc1cnn(-c2ccccc2)c(=O)c1-c1ccccc1. The summed E-state index contributed by atoms with van der Waals surface area (Å²) < 4.78 is 6.68. The Labute approximate surface area is 122 Å². The molecule has 0 atom stereocenters. The van der Waals surface area contributed by atoms with Gasteiger partial charge < -0.3 is 4.74 Å². The van der Waals surface area contributed by atoms with Gasteiger partial charge in [-0.3, -0.25) is 4.79 Å². The molecule has 0 amide bonds. The molecular formula is C17H14N2O2. The van der Waals surface area contributed by atoms with Crippen LogP contribution >= 0.6 is 0 Å². The summed E-state index contributed by atoms with van der Waals surface area (Å²) in [6.45, 7) is 0. The van der Waals surface area contributed by atoms with E-state index < -0.39 is 0 Å². The Kier molecular flexibility index (Phi) is 3.51. The minimum Gasteiger partial charge on any atom is -0.494 e. The van der Waals surface area contributed by atoms with Crippen molar-refractivity contribution in [1.29, 1.82) is 0 Å². The van der Waals surface area contributed by atoms with Gasteiger partial charge in [0.15, 0.2) is 5.75 Å². The third kappa shape index (κ3) is 2.43. The second kappa shape index (κ2) is 5.63. The summed E-state index contributed by atoms with van der Waals surface area (Å²) >= 11 is 0. The molecule has 3 rings (SSSR count). The zero-order valence-electron chi connectivity index (χ0n) is 11.6. The molecule has 1 aromatic heterocycles. The van der Waals surface area contributed by atoms with Gasteiger partial charge in [-0.15, -0.1) is 0 Å². The molecular weight excluding hydrogens is 264 g/mol. The van der Waals surface area contributed by atoms with E-state index in [4.69, 9.17) is 4.74 Å². The lowest BCUT2D eigenvalue weighted by atomic mass is 10.1. The molecule has 3 aromatic rings. The standard InChI is InChI=1S/C17H14N2O2/c1-21-15-12-18-19(14-10-6-3-7-11-14)17(20)16(15)13-8-4-2-5-9-13/h2-12H,1H3. The lowest BCUT2D eigenvalue weighted by Crippen LogP contribution is -2.23. The van der Waals surface area contributed by atoms with Gasteiger partial charge in [-0.05, 0) is 17.7 Å². The Morgan fingerprint density at radius 3 is 2.19 bits per heavy atom. The molecule has 0 unspecified atom stereocenters. The highest BCUT2D eigenvalue weighted by Gasteiger charge is 2.14. The van der Waals surface area contributed by atoms with Crippen LogP contribution in [0.3, 0.4) is 0 Å². The van der Waals surface area contributed by atoms with Gasteiger partial charge in [0.25, 0.3) is 5.56 Å². The van der Waals surface area contributed by atoms with Crippen molar-refractivity contribution in [2.45, 2.75) is 0 Å². The van der Waals surface area contributed by atoms with Crippen LogP contribution in [0.2, 0.25) is 0 Å². The number of ether oxygens (including phenoxy) is 1. The van der Waals surface area contributed by atoms with Crippen molar-refractivity contribution >= 4 is 0 Å². The fraction of sp³-hybridized carbons (Fsp3) is 0.0588. The Morgan fingerprint density at radius 1 is 0.952 bits per heavy atom. The van der Waals surface area contributed by atoms with E-state index in [0.29, 0.717) is 11.3 Å². The average Bonchev–Trinajstić information content (AvgIpc) is 2.56. The van der Waals surface area contributed by atoms with E-state index in [-0.39, 0.29) is 5.56 Å². The van der Waals surface area contributed by atoms with E-state index in [2.05, 4.69) is 5.10 Å². The first-order valence-corrected chi connectivity index (χ1v) is 6.58. The summed E-state index contributed by atoms with van der Waals surface area (Å²) in [5.41, 5.74) is 1.84. The number of benzene rings is 2. The number of aromatic nitrogens is 2. The number of methoxy groups -OCH3 is 1. The van der Waals surface area contributed by atoms with Crippen molar-refractivity contribution in [2.24, 2.45) is 0 Å². The number of nitrogens with zero attached hydrogens (tertiary/aromatic N) is 2. The molecule has 2 aromatic carbocycles. The highest BCUT2D eigenvalue weighted by Crippen LogP contribution is 2.25. The van der Waals surface area contributed by atoms with Crippen molar-refractivity contribution in [1.82, 2.24) is 9.78 Å². The highest BCUT2D eigenvalue weighted by molar-refractivity contribution is 5.69. The summed E-state index contributed by atoms with van der Waals surface area (Å²) in [5.74, 6) is 0.471. The Bertz CT molecular complexity index is 796. The van der Waals surface area contributed by atoms with E-state index in [0.717, 1.165) is 11.3 Å². The molecule has 0 bridgehead atoms. The average molecular weight is 278 g/mol. The molecule has 0 saturated carbocycles. The molecule has 21 heavy (non-hydrogen) atoms. The molecule has 0 radical (unpaired) electrons. The van der Waals surface area contributed by atoms with E-state index in [1.165, 1.54) is 11.8 Å². The predicted octanol–water partition coefficient (Wildman–Crippen LogP) is 2.91. The van der Waals surface area contributed by atoms with Gasteiger partial charge in [0.2, 0.25) is 0 Å². The summed E-state index contributed by atoms with van der Waals surface area (Å²) in [7, 11) is 1.54. The predicted molar refractivity (Wildman–Crippen MR) is 81.8 cm³/mol. The monoisotopic (exact) mass is 278 g/mol. The van der Waals surface area contributed by atoms with E-state index in [1.807, 2.05) is 60.7 Å². The first-order valence-electron chi connectivity index (χ1n) is 6.58. The number of hydrogen-bond donors (Lipinski definition) is 0. The first-order chi connectivity index (χ1) is 10.3. The summed E-state index contributed by atoms with van der Waals surface area (Å²) in [6, 6.07) is 18.8. The fourth-order valence-electron chi connectivity index (χ4n) is 2.22. The van der Waals surface area contributed by atoms with Crippen molar-refractivity contribution < 1.29 is 4.74 Å². The van der Waals surface area contributed by atoms with Gasteiger partial charge >= 0.3 is 0 Å². The maximum atomic E-state index is 12.8. The van der Waals surface area contributed by atoms with Crippen LogP contribution in [0, 0.1) is 0 Å². The molecule has 104 valence electrons. The fourth-order valence-corrected chi connectivity index (χ4v) is 2.22. The van der Waals surface area contributed by atoms with Gasteiger partial charge in [-0.25, -0.2) is 0 Å². The van der Waals surface area contributed by atoms with Crippen LogP contribution in [0.5, 0.6) is 5.75 Å². The Morgan fingerprint density at radius 2 is 1.57 bits per heavy atom. The zero-order valence-corrected chi connectivity index (χ0v) is 11.6. The van der Waals surface area contributed by atoms with Gasteiger partial charge in [-0.2, -0.15) is 9.78 Å². The van der Waals surface area contributed by atoms with Gasteiger partial charge in [0.1, 0.15) is 0 Å². The van der Waals surface area contributed by atoms with E-state index >= 15 is 0 Å². The van der Waals surface area contributed by atoms with Crippen molar-refractivity contribution in [3.05, 3.63) is 77.2 Å². The van der Waals surface area contributed by atoms with Crippen LogP contribution in [0.1, 0.15) is 0 Å². The van der Waals surface area contributed by atoms with Crippen LogP contribution in [0.4, 0.5) is 0 Å². The molecule has 0 spiro atoms. The minimum atomic E-state index is -0.202. The van der Waals surface area contributed by atoms with E-state index in [9.17, 15) is 4.79 Å². The number of para-hydroxylation sites is 1. The van der Waals surface area contributed by atoms with Crippen LogP contribution in [-0.4, -0.2) is 16.9 Å². The quantitative estimate of drug-likeness (QED) is 0.740. The molecule has 0 aliphatic heterocycles. The van der Waals surface area contributed by atoms with Gasteiger partial charge in [-0.1, -0.05) is 48.5 Å². The number of rotatable bonds is 3. The van der Waals surface area contributed by atoms with Gasteiger partial charge in [0.05, 0.1) is 24.6 Å². The second-order valence-corrected chi connectivity index (χ2v) is 4.51. The largest absolute Gasteiger partial charge is 0.494 e. The molecule has 0 aliphatic carbocycles. The Hall–Kier alpha value is -2.88. The van der Waals surface area contributed by atoms with E-state index in [1.54, 1.807) is 6.20 Å². The lowest BCUT2D eigenvalue weighted by molar-refractivity contribution is 0.411. The maximum Gasteiger partial charge on any atom is 0.283 e. The van der Waals surface area contributed by atoms with Crippen LogP contribution < -0.4 is 10.3 Å². The molecule has 4 nitrogen and oxygen atoms in total. The number of hydrogen-bond acceptors (Lipinski definition) is 3. The molecule has 0 saturated heterocycles. The molecule has 0 N–H and O–H groups in total. The Balaban J connectivity index is 2.26. The van der Waals surface area contributed by atoms with Crippen molar-refractivity contribution in [2.75, 3.05) is 7.11 Å². The van der Waals surface area contributed by atoms with Crippen LogP contribution in [-0.2, 0) is 0 Å². The molecule has 0 aliphatic rings. The minimum absolute atomic E-state index is 0.202. The van der Waals surface area contributed by atoms with Crippen molar-refractivity contribution in [3.63, 3.8) is 0 Å². The molecule has 4 heteroatoms. The van der Waals surface area contributed by atoms with Crippen LogP contribution in [0.25, 0.3) is 16.8 Å². The maximum absolute atomic E-state index is 12.8. The van der Waals surface area contributed by atoms with Crippen molar-refractivity contribution in [3.8, 4) is 22.6 Å². The topological polar surface area (TPSA) is 44.1 Å². The summed E-state index contributed by atoms with van der Waals surface area (Å²) in [6.07, 6.45) is 1.57. The zero-order chi connectivity index (χ0) is 14.7. The normalized spacial score (nSPS) is 10.3. The lowest BCUT2D eigenvalue weighted by Gasteiger charge is -2.11. The third-order valence-corrected chi connectivity index (χ3v) is 3.23. The smallest absolute Gasteiger partial charge is 0.283 e. The second-order valence-electron chi connectivity index (χ2n) is 4.51. The highest BCUT2D eigenvalue weighted by atomic mass is 16.5. The van der Waals surface area contributed by atoms with Crippen LogP contribution in [0.15, 0.2) is 71.7 Å². The first kappa shape index (κ1) is 13.1. The molecule has 0 fully saturated rings. The third-order valence-electron chi connectivity index (χ3n) is 3.23. The summed E-state index contributed by atoms with van der Waals surface area (Å²) in [4.78, 5) is 12.8. The summed E-state index contributed by atoms with van der Waals surface area (Å²) in [5, 5.41) is 4.18. The van der Waals surface area contributed by atoms with Gasteiger partial charge in [0, 0.05) is 0 Å². The molecule has 1 heterocycles.